The number of anilines is 1. The maximum Gasteiger partial charge on any atom is 0.228 e. The van der Waals surface area contributed by atoms with Crippen molar-refractivity contribution in [1.82, 2.24) is 10.2 Å². The van der Waals surface area contributed by atoms with Crippen molar-refractivity contribution < 1.29 is 4.79 Å². The summed E-state index contributed by atoms with van der Waals surface area (Å²) in [5.41, 5.74) is 6.71. The van der Waals surface area contributed by atoms with E-state index in [1.165, 1.54) is 0 Å². The predicted molar refractivity (Wildman–Crippen MR) is 71.1 cm³/mol. The Morgan fingerprint density at radius 1 is 1.50 bits per heavy atom. The number of aromatic amines is 1. The first kappa shape index (κ1) is 13.1. The van der Waals surface area contributed by atoms with E-state index in [0.29, 0.717) is 5.92 Å². The molecule has 1 saturated carbocycles. The number of carbonyl (C=O) groups excluding carboxylic acids is 1. The van der Waals surface area contributed by atoms with Crippen molar-refractivity contribution in [1.29, 1.82) is 0 Å². The molecule has 100 valence electrons. The van der Waals surface area contributed by atoms with Gasteiger partial charge >= 0.3 is 0 Å². The van der Waals surface area contributed by atoms with Gasteiger partial charge in [0, 0.05) is 11.5 Å². The van der Waals surface area contributed by atoms with Crippen LogP contribution < -0.4 is 11.1 Å². The predicted octanol–water partition coefficient (Wildman–Crippen LogP) is 1.68. The molecule has 1 amide bonds. The summed E-state index contributed by atoms with van der Waals surface area (Å²) in [5.74, 6) is 1.60. The maximum atomic E-state index is 12.1. The second-order valence-electron chi connectivity index (χ2n) is 5.07. The van der Waals surface area contributed by atoms with Crippen LogP contribution in [-0.4, -0.2) is 22.6 Å². The Morgan fingerprint density at radius 2 is 2.22 bits per heavy atom. The lowest BCUT2D eigenvalue weighted by Gasteiger charge is -2.26. The third kappa shape index (κ3) is 2.90. The first-order valence-electron chi connectivity index (χ1n) is 6.77. The van der Waals surface area contributed by atoms with Crippen LogP contribution in [0.25, 0.3) is 0 Å². The number of amides is 1. The summed E-state index contributed by atoms with van der Waals surface area (Å²) in [5, 5.41) is 9.76. The van der Waals surface area contributed by atoms with Crippen LogP contribution >= 0.6 is 0 Å². The van der Waals surface area contributed by atoms with Gasteiger partial charge in [-0.15, -0.1) is 0 Å². The number of rotatable bonds is 4. The summed E-state index contributed by atoms with van der Waals surface area (Å²) < 4.78 is 0. The largest absolute Gasteiger partial charge is 0.330 e. The molecule has 0 atom stereocenters. The Bertz CT molecular complexity index is 393. The van der Waals surface area contributed by atoms with Gasteiger partial charge in [0.1, 0.15) is 5.82 Å². The highest BCUT2D eigenvalue weighted by Crippen LogP contribution is 2.29. The Kier molecular flexibility index (Phi) is 4.36. The molecule has 0 spiro atoms. The van der Waals surface area contributed by atoms with Gasteiger partial charge in [-0.25, -0.2) is 0 Å². The van der Waals surface area contributed by atoms with Crippen molar-refractivity contribution in [3.63, 3.8) is 0 Å². The summed E-state index contributed by atoms with van der Waals surface area (Å²) in [6.07, 6.45) is 6.66. The lowest BCUT2D eigenvalue weighted by atomic mass is 9.81. The normalized spacial score (nSPS) is 23.9. The molecule has 1 fully saturated rings. The lowest BCUT2D eigenvalue weighted by Crippen LogP contribution is -2.29. The molecule has 1 aliphatic carbocycles. The van der Waals surface area contributed by atoms with E-state index in [-0.39, 0.29) is 11.8 Å². The summed E-state index contributed by atoms with van der Waals surface area (Å²) in [6.45, 7) is 2.79. The van der Waals surface area contributed by atoms with Crippen LogP contribution in [0.2, 0.25) is 0 Å². The molecular formula is C13H22N4O. The van der Waals surface area contributed by atoms with Gasteiger partial charge in [-0.2, -0.15) is 5.10 Å². The zero-order valence-corrected chi connectivity index (χ0v) is 10.9. The van der Waals surface area contributed by atoms with E-state index < -0.39 is 0 Å². The molecule has 0 saturated heterocycles. The first-order chi connectivity index (χ1) is 8.74. The molecule has 0 aromatic carbocycles. The van der Waals surface area contributed by atoms with Crippen LogP contribution in [0, 0.1) is 11.8 Å². The van der Waals surface area contributed by atoms with Crippen LogP contribution in [0.1, 0.15) is 38.2 Å². The van der Waals surface area contributed by atoms with Crippen LogP contribution in [0.3, 0.4) is 0 Å². The molecule has 5 nitrogen and oxygen atoms in total. The van der Waals surface area contributed by atoms with Gasteiger partial charge in [-0.1, -0.05) is 6.92 Å². The van der Waals surface area contributed by atoms with Crippen molar-refractivity contribution in [2.75, 3.05) is 11.9 Å². The topological polar surface area (TPSA) is 83.8 Å². The maximum absolute atomic E-state index is 12.1. The second kappa shape index (κ2) is 6.00. The van der Waals surface area contributed by atoms with Gasteiger partial charge < -0.3 is 11.1 Å². The summed E-state index contributed by atoms with van der Waals surface area (Å²) in [6, 6.07) is 0. The van der Waals surface area contributed by atoms with Crippen molar-refractivity contribution >= 4 is 11.7 Å². The quantitative estimate of drug-likeness (QED) is 0.760. The minimum Gasteiger partial charge on any atom is -0.330 e. The van der Waals surface area contributed by atoms with Gasteiger partial charge in [-0.3, -0.25) is 9.89 Å². The molecule has 0 bridgehead atoms. The van der Waals surface area contributed by atoms with E-state index in [4.69, 9.17) is 5.73 Å². The number of hydrogen-bond donors (Lipinski definition) is 3. The molecule has 1 aromatic heterocycles. The molecule has 4 N–H and O–H groups in total. The molecule has 5 heteroatoms. The summed E-state index contributed by atoms with van der Waals surface area (Å²) >= 11 is 0. The zero-order valence-electron chi connectivity index (χ0n) is 10.9. The van der Waals surface area contributed by atoms with Gasteiger partial charge in [0.25, 0.3) is 0 Å². The highest BCUT2D eigenvalue weighted by molar-refractivity contribution is 5.92. The number of nitrogens with two attached hydrogens (primary N) is 1. The van der Waals surface area contributed by atoms with Crippen molar-refractivity contribution in [3.8, 4) is 0 Å². The molecule has 1 heterocycles. The third-order valence-electron chi connectivity index (χ3n) is 3.90. The number of aryl methyl sites for hydroxylation is 1. The van der Waals surface area contributed by atoms with Gasteiger partial charge in [-0.05, 0) is 44.6 Å². The monoisotopic (exact) mass is 250 g/mol. The van der Waals surface area contributed by atoms with Crippen molar-refractivity contribution in [2.45, 2.75) is 39.0 Å². The Balaban J connectivity index is 1.89. The first-order valence-corrected chi connectivity index (χ1v) is 6.77. The number of carbonyl (C=O) groups is 1. The SMILES string of the molecule is CCc1cn[nH]c1NC(=O)C1CCC(CN)CC1. The van der Waals surface area contributed by atoms with E-state index >= 15 is 0 Å². The smallest absolute Gasteiger partial charge is 0.228 e. The molecule has 0 unspecified atom stereocenters. The van der Waals surface area contributed by atoms with Gasteiger partial charge in [0.2, 0.25) is 5.91 Å². The van der Waals surface area contributed by atoms with Crippen LogP contribution in [-0.2, 0) is 11.2 Å². The number of hydrogen-bond acceptors (Lipinski definition) is 3. The highest BCUT2D eigenvalue weighted by Gasteiger charge is 2.26. The molecule has 0 radical (unpaired) electrons. The summed E-state index contributed by atoms with van der Waals surface area (Å²) in [4.78, 5) is 12.1. The van der Waals surface area contributed by atoms with Gasteiger partial charge in [0.15, 0.2) is 0 Å². The molecule has 0 aliphatic heterocycles. The fraction of sp³-hybridized carbons (Fsp3) is 0.692. The zero-order chi connectivity index (χ0) is 13.0. The lowest BCUT2D eigenvalue weighted by molar-refractivity contribution is -0.121. The number of nitrogens with one attached hydrogen (secondary N) is 2. The number of nitrogens with zero attached hydrogens (tertiary/aromatic N) is 1. The Labute approximate surface area is 108 Å². The van der Waals surface area contributed by atoms with E-state index in [9.17, 15) is 4.79 Å². The van der Waals surface area contributed by atoms with Crippen LogP contribution in [0.15, 0.2) is 6.20 Å². The fourth-order valence-corrected chi connectivity index (χ4v) is 2.57. The van der Waals surface area contributed by atoms with Crippen LogP contribution in [0.4, 0.5) is 5.82 Å². The molecule has 18 heavy (non-hydrogen) atoms. The molecule has 2 rings (SSSR count). The second-order valence-corrected chi connectivity index (χ2v) is 5.07. The minimum absolute atomic E-state index is 0.115. The van der Waals surface area contributed by atoms with E-state index in [1.807, 2.05) is 6.92 Å². The molecular weight excluding hydrogens is 228 g/mol. The average Bonchev–Trinajstić information content (AvgIpc) is 2.86. The van der Waals surface area contributed by atoms with E-state index in [0.717, 1.165) is 50.0 Å². The summed E-state index contributed by atoms with van der Waals surface area (Å²) in [7, 11) is 0. The van der Waals surface area contributed by atoms with E-state index in [1.54, 1.807) is 6.20 Å². The fourth-order valence-electron chi connectivity index (χ4n) is 2.57. The Morgan fingerprint density at radius 3 is 2.83 bits per heavy atom. The average molecular weight is 250 g/mol. The number of H-pyrrole nitrogens is 1. The molecule has 1 aromatic rings. The van der Waals surface area contributed by atoms with Crippen molar-refractivity contribution in [2.24, 2.45) is 17.6 Å². The number of aromatic nitrogens is 2. The van der Waals surface area contributed by atoms with E-state index in [2.05, 4.69) is 15.5 Å². The standard InChI is InChI=1S/C13H22N4O/c1-2-10-8-15-17-12(10)16-13(18)11-5-3-9(7-14)4-6-11/h8-9,11H,2-7,14H2,1H3,(H2,15,16,17,18). The highest BCUT2D eigenvalue weighted by atomic mass is 16.1. The van der Waals surface area contributed by atoms with Gasteiger partial charge in [0.05, 0.1) is 6.20 Å². The third-order valence-corrected chi connectivity index (χ3v) is 3.90. The minimum atomic E-state index is 0.115. The van der Waals surface area contributed by atoms with Crippen LogP contribution in [0.5, 0.6) is 0 Å². The Hall–Kier alpha value is -1.36. The van der Waals surface area contributed by atoms with Crippen molar-refractivity contribution in [3.05, 3.63) is 11.8 Å². The molecule has 1 aliphatic rings.